The van der Waals surface area contributed by atoms with Crippen molar-refractivity contribution in [2.45, 2.75) is 12.6 Å². The summed E-state index contributed by atoms with van der Waals surface area (Å²) in [5.74, 6) is 0.505. The average Bonchev–Trinajstić information content (AvgIpc) is 2.79. The SMILES string of the molecule is NC1=NC(c2ccccc2)Cn2nncc21. The Morgan fingerprint density at radius 2 is 2.06 bits per heavy atom. The van der Waals surface area contributed by atoms with Crippen molar-refractivity contribution in [2.24, 2.45) is 10.7 Å². The molecule has 5 nitrogen and oxygen atoms in total. The van der Waals surface area contributed by atoms with Crippen LogP contribution in [0.2, 0.25) is 0 Å². The zero-order chi connectivity index (χ0) is 11.0. The van der Waals surface area contributed by atoms with Gasteiger partial charge in [-0.2, -0.15) is 0 Å². The summed E-state index contributed by atoms with van der Waals surface area (Å²) in [6, 6.07) is 10.1. The monoisotopic (exact) mass is 213 g/mol. The summed E-state index contributed by atoms with van der Waals surface area (Å²) in [5, 5.41) is 7.82. The van der Waals surface area contributed by atoms with Gasteiger partial charge in [-0.15, -0.1) is 5.10 Å². The fourth-order valence-electron chi connectivity index (χ4n) is 1.88. The lowest BCUT2D eigenvalue weighted by atomic mass is 10.1. The molecule has 16 heavy (non-hydrogen) atoms. The largest absolute Gasteiger partial charge is 0.382 e. The molecule has 0 spiro atoms. The molecule has 0 amide bonds. The Kier molecular flexibility index (Phi) is 1.96. The van der Waals surface area contributed by atoms with E-state index in [-0.39, 0.29) is 6.04 Å². The van der Waals surface area contributed by atoms with E-state index in [9.17, 15) is 0 Å². The Hall–Kier alpha value is -2.17. The number of aliphatic imine (C=N–C) groups is 1. The summed E-state index contributed by atoms with van der Waals surface area (Å²) in [6.07, 6.45) is 1.64. The van der Waals surface area contributed by atoms with Gasteiger partial charge in [0.1, 0.15) is 11.5 Å². The summed E-state index contributed by atoms with van der Waals surface area (Å²) in [4.78, 5) is 4.46. The normalized spacial score (nSPS) is 19.0. The molecule has 0 saturated carbocycles. The predicted molar refractivity (Wildman–Crippen MR) is 59.9 cm³/mol. The van der Waals surface area contributed by atoms with Crippen molar-refractivity contribution in [1.82, 2.24) is 15.0 Å². The van der Waals surface area contributed by atoms with Crippen molar-refractivity contribution in [1.29, 1.82) is 0 Å². The Morgan fingerprint density at radius 3 is 2.88 bits per heavy atom. The third-order valence-electron chi connectivity index (χ3n) is 2.71. The molecule has 2 N–H and O–H groups in total. The molecule has 3 rings (SSSR count). The molecule has 1 unspecified atom stereocenters. The van der Waals surface area contributed by atoms with E-state index < -0.39 is 0 Å². The topological polar surface area (TPSA) is 69.1 Å². The summed E-state index contributed by atoms with van der Waals surface area (Å²) >= 11 is 0. The van der Waals surface area contributed by atoms with Gasteiger partial charge in [-0.3, -0.25) is 4.99 Å². The van der Waals surface area contributed by atoms with Gasteiger partial charge in [0.15, 0.2) is 0 Å². The van der Waals surface area contributed by atoms with Crippen molar-refractivity contribution < 1.29 is 0 Å². The first-order valence-corrected chi connectivity index (χ1v) is 5.11. The van der Waals surface area contributed by atoms with E-state index in [1.54, 1.807) is 10.9 Å². The van der Waals surface area contributed by atoms with Crippen LogP contribution in [-0.4, -0.2) is 20.8 Å². The maximum atomic E-state index is 5.87. The van der Waals surface area contributed by atoms with Crippen LogP contribution in [0.1, 0.15) is 17.3 Å². The van der Waals surface area contributed by atoms with Gasteiger partial charge in [0.25, 0.3) is 0 Å². The van der Waals surface area contributed by atoms with E-state index >= 15 is 0 Å². The molecule has 80 valence electrons. The van der Waals surface area contributed by atoms with Gasteiger partial charge in [-0.25, -0.2) is 4.68 Å². The minimum absolute atomic E-state index is 0.0374. The van der Waals surface area contributed by atoms with Crippen molar-refractivity contribution in [3.63, 3.8) is 0 Å². The number of nitrogens with zero attached hydrogens (tertiary/aromatic N) is 4. The smallest absolute Gasteiger partial charge is 0.146 e. The summed E-state index contributed by atoms with van der Waals surface area (Å²) in [7, 11) is 0. The van der Waals surface area contributed by atoms with E-state index in [4.69, 9.17) is 5.73 Å². The molecule has 2 aromatic rings. The van der Waals surface area contributed by atoms with Crippen LogP contribution < -0.4 is 5.73 Å². The third-order valence-corrected chi connectivity index (χ3v) is 2.71. The second-order valence-electron chi connectivity index (χ2n) is 3.74. The molecule has 5 heteroatoms. The zero-order valence-electron chi connectivity index (χ0n) is 8.61. The van der Waals surface area contributed by atoms with Crippen molar-refractivity contribution in [3.8, 4) is 0 Å². The highest BCUT2D eigenvalue weighted by molar-refractivity contribution is 5.96. The first kappa shape index (κ1) is 9.08. The van der Waals surface area contributed by atoms with Crippen LogP contribution >= 0.6 is 0 Å². The molecule has 1 aromatic heterocycles. The molecular formula is C11H11N5. The van der Waals surface area contributed by atoms with Crippen LogP contribution in [0.5, 0.6) is 0 Å². The Balaban J connectivity index is 2.00. The predicted octanol–water partition coefficient (Wildman–Crippen LogP) is 0.738. The van der Waals surface area contributed by atoms with Crippen LogP contribution in [0.25, 0.3) is 0 Å². The van der Waals surface area contributed by atoms with Gasteiger partial charge in [0.05, 0.1) is 18.8 Å². The number of fused-ring (bicyclic) bond motifs is 1. The molecule has 0 saturated heterocycles. The number of amidine groups is 1. The maximum absolute atomic E-state index is 5.87. The van der Waals surface area contributed by atoms with Gasteiger partial charge in [0, 0.05) is 0 Å². The second-order valence-corrected chi connectivity index (χ2v) is 3.74. The molecule has 1 atom stereocenters. The van der Waals surface area contributed by atoms with Crippen LogP contribution in [0.4, 0.5) is 0 Å². The Labute approximate surface area is 92.6 Å². The van der Waals surface area contributed by atoms with Crippen LogP contribution in [0, 0.1) is 0 Å². The molecule has 2 heterocycles. The first-order chi connectivity index (χ1) is 7.84. The summed E-state index contributed by atoms with van der Waals surface area (Å²) < 4.78 is 1.79. The van der Waals surface area contributed by atoms with Crippen molar-refractivity contribution in [3.05, 3.63) is 47.8 Å². The lowest BCUT2D eigenvalue weighted by molar-refractivity contribution is 0.498. The number of nitrogens with two attached hydrogens (primary N) is 1. The highest BCUT2D eigenvalue weighted by Gasteiger charge is 2.21. The Bertz CT molecular complexity index is 528. The zero-order valence-corrected chi connectivity index (χ0v) is 8.61. The molecule has 1 aromatic carbocycles. The molecule has 0 bridgehead atoms. The van der Waals surface area contributed by atoms with E-state index in [0.717, 1.165) is 11.3 Å². The Morgan fingerprint density at radius 1 is 1.25 bits per heavy atom. The van der Waals surface area contributed by atoms with Gasteiger partial charge >= 0.3 is 0 Å². The second kappa shape index (κ2) is 3.44. The minimum atomic E-state index is 0.0374. The molecular weight excluding hydrogens is 202 g/mol. The fraction of sp³-hybridized carbons (Fsp3) is 0.182. The molecule has 0 aliphatic carbocycles. The standard InChI is InChI=1S/C11H11N5/c12-11-10-6-13-15-16(10)7-9(14-11)8-4-2-1-3-5-8/h1-6,9H,7H2,(H2,12,14). The van der Waals surface area contributed by atoms with Crippen LogP contribution in [0.15, 0.2) is 41.5 Å². The number of hydrogen-bond acceptors (Lipinski definition) is 4. The van der Waals surface area contributed by atoms with Crippen molar-refractivity contribution in [2.75, 3.05) is 0 Å². The van der Waals surface area contributed by atoms with E-state index in [1.165, 1.54) is 0 Å². The third kappa shape index (κ3) is 1.37. The quantitative estimate of drug-likeness (QED) is 0.759. The van der Waals surface area contributed by atoms with Gasteiger partial charge < -0.3 is 5.73 Å². The highest BCUT2D eigenvalue weighted by atomic mass is 15.4. The van der Waals surface area contributed by atoms with E-state index in [2.05, 4.69) is 15.3 Å². The van der Waals surface area contributed by atoms with E-state index in [0.29, 0.717) is 12.4 Å². The minimum Gasteiger partial charge on any atom is -0.382 e. The van der Waals surface area contributed by atoms with Gasteiger partial charge in [0.2, 0.25) is 0 Å². The van der Waals surface area contributed by atoms with Crippen LogP contribution in [0.3, 0.4) is 0 Å². The average molecular weight is 213 g/mol. The lowest BCUT2D eigenvalue weighted by Crippen LogP contribution is -2.27. The molecule has 1 aliphatic rings. The number of hydrogen-bond donors (Lipinski definition) is 1. The molecule has 0 fully saturated rings. The summed E-state index contributed by atoms with van der Waals surface area (Å²) in [6.45, 7) is 0.694. The summed E-state index contributed by atoms with van der Waals surface area (Å²) in [5.41, 5.74) is 7.81. The maximum Gasteiger partial charge on any atom is 0.146 e. The van der Waals surface area contributed by atoms with E-state index in [1.807, 2.05) is 30.3 Å². The molecule has 1 aliphatic heterocycles. The number of aromatic nitrogens is 3. The number of benzene rings is 1. The van der Waals surface area contributed by atoms with Crippen molar-refractivity contribution >= 4 is 5.84 Å². The number of rotatable bonds is 1. The lowest BCUT2D eigenvalue weighted by Gasteiger charge is -2.19. The highest BCUT2D eigenvalue weighted by Crippen LogP contribution is 2.23. The van der Waals surface area contributed by atoms with Gasteiger partial charge in [-0.05, 0) is 5.56 Å². The molecule has 0 radical (unpaired) electrons. The first-order valence-electron chi connectivity index (χ1n) is 5.11. The van der Waals surface area contributed by atoms with Gasteiger partial charge in [-0.1, -0.05) is 35.5 Å². The van der Waals surface area contributed by atoms with Crippen LogP contribution in [-0.2, 0) is 6.54 Å². The fourth-order valence-corrected chi connectivity index (χ4v) is 1.88.